The fourth-order valence-electron chi connectivity index (χ4n) is 1.44. The van der Waals surface area contributed by atoms with Gasteiger partial charge in [0.1, 0.15) is 5.82 Å². The van der Waals surface area contributed by atoms with Crippen molar-refractivity contribution in [2.24, 2.45) is 0 Å². The van der Waals surface area contributed by atoms with Gasteiger partial charge in [-0.25, -0.2) is 4.98 Å². The van der Waals surface area contributed by atoms with E-state index in [1.807, 2.05) is 11.8 Å². The summed E-state index contributed by atoms with van der Waals surface area (Å²) in [6, 6.07) is 1.65. The number of pyridine rings is 1. The predicted octanol–water partition coefficient (Wildman–Crippen LogP) is 2.99. The number of nitrogens with zero attached hydrogens (tertiary/aromatic N) is 2. The van der Waals surface area contributed by atoms with Gasteiger partial charge < -0.3 is 10.0 Å². The summed E-state index contributed by atoms with van der Waals surface area (Å²) < 4.78 is 0. The van der Waals surface area contributed by atoms with E-state index in [0.717, 1.165) is 6.54 Å². The molecule has 1 rings (SSSR count). The largest absolute Gasteiger partial charge is 0.389 e. The molecule has 0 bridgehead atoms. The van der Waals surface area contributed by atoms with Crippen LogP contribution >= 0.6 is 23.2 Å². The summed E-state index contributed by atoms with van der Waals surface area (Å²) >= 11 is 11.8. The van der Waals surface area contributed by atoms with E-state index in [4.69, 9.17) is 23.2 Å². The maximum atomic E-state index is 9.79. The van der Waals surface area contributed by atoms with Gasteiger partial charge in [0.2, 0.25) is 0 Å². The highest BCUT2D eigenvalue weighted by atomic mass is 35.5. The molecular formula is C11H16Cl2N2O. The number of aliphatic hydroxyl groups is 1. The SMILES string of the molecule is CCN(CC(C)(C)O)c1ncc(Cl)cc1Cl. The molecule has 1 heterocycles. The molecular weight excluding hydrogens is 247 g/mol. The van der Waals surface area contributed by atoms with Crippen molar-refractivity contribution < 1.29 is 5.11 Å². The van der Waals surface area contributed by atoms with Crippen LogP contribution in [-0.2, 0) is 0 Å². The van der Waals surface area contributed by atoms with Gasteiger partial charge in [0.15, 0.2) is 0 Å². The first-order valence-corrected chi connectivity index (χ1v) is 5.87. The number of halogens is 2. The zero-order valence-electron chi connectivity index (χ0n) is 9.67. The molecule has 16 heavy (non-hydrogen) atoms. The maximum Gasteiger partial charge on any atom is 0.147 e. The van der Waals surface area contributed by atoms with E-state index in [2.05, 4.69) is 4.98 Å². The normalized spacial score (nSPS) is 11.6. The average molecular weight is 263 g/mol. The van der Waals surface area contributed by atoms with Gasteiger partial charge in [-0.05, 0) is 26.8 Å². The first-order chi connectivity index (χ1) is 7.33. The molecule has 1 N–H and O–H groups in total. The molecule has 1 aromatic rings. The molecule has 0 saturated carbocycles. The quantitative estimate of drug-likeness (QED) is 0.907. The Hall–Kier alpha value is -0.510. The highest BCUT2D eigenvalue weighted by molar-refractivity contribution is 6.36. The molecule has 0 saturated heterocycles. The number of aromatic nitrogens is 1. The number of anilines is 1. The van der Waals surface area contributed by atoms with Crippen molar-refractivity contribution in [3.8, 4) is 0 Å². The standard InChI is InChI=1S/C11H16Cl2N2O/c1-4-15(7-11(2,3)16)10-9(13)5-8(12)6-14-10/h5-6,16H,4,7H2,1-3H3. The Morgan fingerprint density at radius 3 is 2.50 bits per heavy atom. The van der Waals surface area contributed by atoms with Crippen molar-refractivity contribution in [3.63, 3.8) is 0 Å². The Labute approximate surface area is 106 Å². The second-order valence-electron chi connectivity index (χ2n) is 4.29. The van der Waals surface area contributed by atoms with Crippen LogP contribution in [0.1, 0.15) is 20.8 Å². The predicted molar refractivity (Wildman–Crippen MR) is 68.4 cm³/mol. The van der Waals surface area contributed by atoms with Crippen LogP contribution in [0.4, 0.5) is 5.82 Å². The fourth-order valence-corrected chi connectivity index (χ4v) is 1.94. The molecule has 0 fully saturated rings. The number of likely N-dealkylation sites (N-methyl/N-ethyl adjacent to an activating group) is 1. The van der Waals surface area contributed by atoms with Crippen molar-refractivity contribution in [1.29, 1.82) is 0 Å². The Morgan fingerprint density at radius 2 is 2.06 bits per heavy atom. The Bertz CT molecular complexity index is 363. The van der Waals surface area contributed by atoms with Crippen LogP contribution in [-0.4, -0.2) is 28.8 Å². The molecule has 0 spiro atoms. The number of hydrogen-bond acceptors (Lipinski definition) is 3. The van der Waals surface area contributed by atoms with Gasteiger partial charge in [-0.15, -0.1) is 0 Å². The second-order valence-corrected chi connectivity index (χ2v) is 5.13. The van der Waals surface area contributed by atoms with Crippen LogP contribution in [0.25, 0.3) is 0 Å². The van der Waals surface area contributed by atoms with Crippen molar-refractivity contribution >= 4 is 29.0 Å². The summed E-state index contributed by atoms with van der Waals surface area (Å²) in [4.78, 5) is 6.10. The Balaban J connectivity index is 2.95. The third kappa shape index (κ3) is 3.81. The van der Waals surface area contributed by atoms with E-state index in [-0.39, 0.29) is 0 Å². The van der Waals surface area contributed by atoms with E-state index >= 15 is 0 Å². The van der Waals surface area contributed by atoms with Gasteiger partial charge in [0.25, 0.3) is 0 Å². The molecule has 0 unspecified atom stereocenters. The van der Waals surface area contributed by atoms with E-state index in [1.165, 1.54) is 0 Å². The molecule has 0 amide bonds. The highest BCUT2D eigenvalue weighted by Crippen LogP contribution is 2.26. The second kappa shape index (κ2) is 5.21. The lowest BCUT2D eigenvalue weighted by molar-refractivity contribution is 0.0874. The maximum absolute atomic E-state index is 9.79. The molecule has 0 aliphatic heterocycles. The zero-order chi connectivity index (χ0) is 12.3. The first kappa shape index (κ1) is 13.6. The van der Waals surface area contributed by atoms with Crippen LogP contribution in [0, 0.1) is 0 Å². The van der Waals surface area contributed by atoms with E-state index in [0.29, 0.717) is 22.4 Å². The van der Waals surface area contributed by atoms with Crippen LogP contribution in [0.15, 0.2) is 12.3 Å². The van der Waals surface area contributed by atoms with Crippen molar-refractivity contribution in [3.05, 3.63) is 22.3 Å². The lowest BCUT2D eigenvalue weighted by Gasteiger charge is -2.29. The first-order valence-electron chi connectivity index (χ1n) is 5.12. The van der Waals surface area contributed by atoms with Crippen LogP contribution in [0.3, 0.4) is 0 Å². The molecule has 0 aliphatic carbocycles. The van der Waals surface area contributed by atoms with Gasteiger partial charge >= 0.3 is 0 Å². The van der Waals surface area contributed by atoms with Crippen molar-refractivity contribution in [1.82, 2.24) is 4.98 Å². The van der Waals surface area contributed by atoms with Gasteiger partial charge in [-0.2, -0.15) is 0 Å². The summed E-state index contributed by atoms with van der Waals surface area (Å²) in [5.74, 6) is 0.649. The summed E-state index contributed by atoms with van der Waals surface area (Å²) in [5, 5.41) is 10.8. The molecule has 5 heteroatoms. The summed E-state index contributed by atoms with van der Waals surface area (Å²) in [6.07, 6.45) is 1.55. The fraction of sp³-hybridized carbons (Fsp3) is 0.545. The van der Waals surface area contributed by atoms with Gasteiger partial charge in [0.05, 0.1) is 15.6 Å². The summed E-state index contributed by atoms with van der Waals surface area (Å²) in [5.41, 5.74) is -0.791. The topological polar surface area (TPSA) is 36.4 Å². The van der Waals surface area contributed by atoms with Crippen LogP contribution in [0.5, 0.6) is 0 Å². The minimum Gasteiger partial charge on any atom is -0.389 e. The Kier molecular flexibility index (Phi) is 4.42. The average Bonchev–Trinajstić information content (AvgIpc) is 2.13. The van der Waals surface area contributed by atoms with E-state index < -0.39 is 5.60 Å². The number of rotatable bonds is 4. The molecule has 0 atom stereocenters. The monoisotopic (exact) mass is 262 g/mol. The van der Waals surface area contributed by atoms with Gasteiger partial charge in [0, 0.05) is 19.3 Å². The highest BCUT2D eigenvalue weighted by Gasteiger charge is 2.20. The van der Waals surface area contributed by atoms with Crippen molar-refractivity contribution in [2.45, 2.75) is 26.4 Å². The van der Waals surface area contributed by atoms with Crippen LogP contribution in [0.2, 0.25) is 10.0 Å². The molecule has 0 aliphatic rings. The third-order valence-corrected chi connectivity index (χ3v) is 2.53. The van der Waals surface area contributed by atoms with Crippen LogP contribution < -0.4 is 4.90 Å². The van der Waals surface area contributed by atoms with E-state index in [9.17, 15) is 5.11 Å². The summed E-state index contributed by atoms with van der Waals surface area (Å²) in [7, 11) is 0. The number of hydrogen-bond donors (Lipinski definition) is 1. The lowest BCUT2D eigenvalue weighted by atomic mass is 10.1. The van der Waals surface area contributed by atoms with Gasteiger partial charge in [-0.1, -0.05) is 23.2 Å². The lowest BCUT2D eigenvalue weighted by Crippen LogP contribution is -2.39. The minimum absolute atomic E-state index is 0.470. The molecule has 0 radical (unpaired) electrons. The zero-order valence-corrected chi connectivity index (χ0v) is 11.2. The smallest absolute Gasteiger partial charge is 0.147 e. The third-order valence-electron chi connectivity index (χ3n) is 2.05. The molecule has 90 valence electrons. The summed E-state index contributed by atoms with van der Waals surface area (Å²) in [6.45, 7) is 6.67. The minimum atomic E-state index is -0.791. The van der Waals surface area contributed by atoms with Gasteiger partial charge in [-0.3, -0.25) is 0 Å². The Morgan fingerprint density at radius 1 is 1.44 bits per heavy atom. The molecule has 0 aromatic carbocycles. The molecule has 3 nitrogen and oxygen atoms in total. The molecule has 1 aromatic heterocycles. The van der Waals surface area contributed by atoms with E-state index in [1.54, 1.807) is 26.1 Å². The van der Waals surface area contributed by atoms with Crippen molar-refractivity contribution in [2.75, 3.05) is 18.0 Å².